The zero-order valence-corrected chi connectivity index (χ0v) is 18.1. The van der Waals surface area contributed by atoms with E-state index in [9.17, 15) is 28.1 Å². The predicted octanol–water partition coefficient (Wildman–Crippen LogP) is 0.584. The molecule has 0 aromatic heterocycles. The molecule has 156 valence electrons. The van der Waals surface area contributed by atoms with E-state index in [2.05, 4.69) is 5.32 Å². The van der Waals surface area contributed by atoms with Crippen LogP contribution in [0.2, 0.25) is 0 Å². The van der Waals surface area contributed by atoms with E-state index >= 15 is 0 Å². The largest absolute Gasteiger partial charge is 0.529 e. The summed E-state index contributed by atoms with van der Waals surface area (Å²) in [6.45, 7) is 3.78. The molecule has 1 aromatic rings. The van der Waals surface area contributed by atoms with E-state index in [1.54, 1.807) is 20.8 Å². The topological polar surface area (TPSA) is 136 Å². The molecule has 1 rings (SSSR count). The minimum absolute atomic E-state index is 0. The molecule has 0 radical (unpaired) electrons. The van der Waals surface area contributed by atoms with Gasteiger partial charge >= 0.3 is 5.97 Å². The minimum atomic E-state index is -4.39. The number of esters is 1. The average molecular weight is 643 g/mol. The number of carbonyl (C=O) groups is 1. The number of ether oxygens (including phenoxy) is 1. The van der Waals surface area contributed by atoms with Crippen LogP contribution in [0.25, 0.3) is 0 Å². The second-order valence-corrected chi connectivity index (χ2v) is 8.09. The second kappa shape index (κ2) is 9.25. The maximum absolute atomic E-state index is 12.8. The summed E-state index contributed by atoms with van der Waals surface area (Å²) in [5, 5.41) is 13.3. The third kappa shape index (κ3) is 6.71. The van der Waals surface area contributed by atoms with Crippen molar-refractivity contribution in [1.29, 1.82) is 0 Å². The first kappa shape index (κ1) is 23.5. The van der Waals surface area contributed by atoms with Crippen LogP contribution in [-0.4, -0.2) is 55.3 Å². The van der Waals surface area contributed by atoms with Gasteiger partial charge in [0, 0.05) is 12.6 Å². The molecule has 0 heterocycles. The Hall–Kier alpha value is -3.53. The quantitative estimate of drug-likeness (QED) is 0.104. The molecule has 10 nitrogen and oxygen atoms in total. The Balaban J connectivity index is 0.00000676. The zero-order chi connectivity index (χ0) is 20.0. The minimum Gasteiger partial charge on any atom is -0.529 e. The van der Waals surface area contributed by atoms with E-state index in [1.807, 2.05) is 0 Å². The Morgan fingerprint density at radius 3 is 2.44 bits per heavy atom. The van der Waals surface area contributed by atoms with Crippen LogP contribution in [0.3, 0.4) is 0 Å². The number of sulfonamides is 1. The molecule has 27 heavy (non-hydrogen) atoms. The number of carbonyl (C=O) groups excluding carboxylic acids is 2. The molecular weight excluding hydrogens is 623 g/mol. The Bertz CT molecular complexity index is 778. The van der Waals surface area contributed by atoms with Crippen molar-refractivity contribution in [3.05, 3.63) is 34.4 Å². The molecule has 0 unspecified atom stereocenters. The first-order valence-electron chi connectivity index (χ1n) is 7.54. The number of nitro benzene ring substituents is 1. The van der Waals surface area contributed by atoms with Crippen molar-refractivity contribution < 1.29 is 27.7 Å². The van der Waals surface area contributed by atoms with Gasteiger partial charge in [-0.3, -0.25) is 14.9 Å². The summed E-state index contributed by atoms with van der Waals surface area (Å²) in [5.41, 5.74) is -1.45. The van der Waals surface area contributed by atoms with Gasteiger partial charge in [0.05, 0.1) is 4.92 Å². The summed E-state index contributed by atoms with van der Waals surface area (Å²) in [6, 6.07) is 4.80. The number of rotatable bonds is 9. The second-order valence-electron chi connectivity index (χ2n) is 6.18. The number of hydrogen-bond acceptors (Lipinski definition) is 7. The molecule has 0 fully saturated rings. The van der Waals surface area contributed by atoms with Crippen molar-refractivity contribution in [2.24, 2.45) is 0 Å². The van der Waals surface area contributed by atoms with Gasteiger partial charge in [-0.1, -0.05) is 12.1 Å². The summed E-state index contributed by atoms with van der Waals surface area (Å²) in [7, 11) is -4.39. The van der Waals surface area contributed by atoms with Crippen molar-refractivity contribution in [2.45, 2.75) is 31.3 Å². The van der Waals surface area contributed by atoms with Crippen molar-refractivity contribution in [3.63, 3.8) is 0 Å². The van der Waals surface area contributed by atoms with Crippen LogP contribution in [0.1, 0.15) is 20.8 Å². The van der Waals surface area contributed by atoms with Gasteiger partial charge in [0.1, 0.15) is 12.1 Å². The van der Waals surface area contributed by atoms with E-state index in [1.165, 1.54) is 18.5 Å². The fourth-order valence-corrected chi connectivity index (χ4v) is 3.54. The molecule has 0 aliphatic heterocycles. The van der Waals surface area contributed by atoms with Gasteiger partial charge in [-0.2, -0.15) is 10.7 Å². The van der Waals surface area contributed by atoms with Gasteiger partial charge < -0.3 is 14.8 Å². The van der Waals surface area contributed by atoms with Gasteiger partial charge in [-0.05, 0) is 33.4 Å². The molecule has 1 amide bonds. The fourth-order valence-electron chi connectivity index (χ4n) is 2.00. The first-order chi connectivity index (χ1) is 12.0. The summed E-state index contributed by atoms with van der Waals surface area (Å²) >= 11 is 0. The molecule has 12 heteroatoms. The SMILES string of the molecule is CC(C)(C)OC(=O)CN(CCN[C-]=O)S(=O)(=O)c1ccccc1[N+](=O)[O-].[Fm]. The first-order valence-corrected chi connectivity index (χ1v) is 8.98. The Kier molecular flexibility index (Phi) is 8.04. The number of amides is 1. The van der Waals surface area contributed by atoms with Gasteiger partial charge in [0.2, 0.25) is 0 Å². The van der Waals surface area contributed by atoms with Crippen LogP contribution in [0, 0.1) is 10.1 Å². The molecule has 1 aromatic carbocycles. The molecule has 0 aliphatic rings. The summed E-state index contributed by atoms with van der Waals surface area (Å²) in [6.07, 6.45) is 1.39. The maximum atomic E-state index is 12.8. The molecule has 0 spiro atoms. The zero-order valence-electron chi connectivity index (χ0n) is 14.9. The molecular formula is C15H20FmN3O7S-. The smallest absolute Gasteiger partial charge is 0.321 e. The van der Waals surface area contributed by atoms with Crippen LogP contribution in [0.4, 0.5) is 5.69 Å². The summed E-state index contributed by atoms with van der Waals surface area (Å²) in [4.78, 5) is 32.1. The third-order valence-electron chi connectivity index (χ3n) is 2.96. The number of nitrogens with zero attached hydrogens (tertiary/aromatic N) is 2. The van der Waals surface area contributed by atoms with Crippen molar-refractivity contribution >= 4 is 28.1 Å². The van der Waals surface area contributed by atoms with E-state index in [0.29, 0.717) is 4.31 Å². The van der Waals surface area contributed by atoms with Gasteiger partial charge in [0.25, 0.3) is 15.7 Å². The van der Waals surface area contributed by atoms with E-state index in [-0.39, 0.29) is 13.1 Å². The molecule has 0 saturated carbocycles. The van der Waals surface area contributed by atoms with Crippen LogP contribution in [0.15, 0.2) is 29.2 Å². The number of para-hydroxylation sites is 1. The van der Waals surface area contributed by atoms with E-state index in [0.717, 1.165) is 12.1 Å². The molecule has 1 N–H and O–H groups in total. The van der Waals surface area contributed by atoms with Crippen molar-refractivity contribution in [3.8, 4) is 0 Å². The Morgan fingerprint density at radius 2 is 1.93 bits per heavy atom. The van der Waals surface area contributed by atoms with Crippen LogP contribution in [0.5, 0.6) is 0 Å². The molecule has 0 saturated heterocycles. The van der Waals surface area contributed by atoms with Gasteiger partial charge in [0.15, 0.2) is 4.90 Å². The normalized spacial score (nSPS) is 11.4. The third-order valence-corrected chi connectivity index (χ3v) is 4.86. The number of nitro groups is 1. The van der Waals surface area contributed by atoms with Gasteiger partial charge in [-0.15, -0.1) is 0 Å². The van der Waals surface area contributed by atoms with Crippen molar-refractivity contribution in [1.82, 2.24) is 9.62 Å². The van der Waals surface area contributed by atoms with E-state index in [4.69, 9.17) is 4.74 Å². The van der Waals surface area contributed by atoms with Crippen LogP contribution in [-0.2, 0) is 24.3 Å². The van der Waals surface area contributed by atoms with Crippen LogP contribution < -0.4 is 5.32 Å². The molecule has 0 aliphatic carbocycles. The van der Waals surface area contributed by atoms with Crippen molar-refractivity contribution in [2.75, 3.05) is 19.6 Å². The summed E-state index contributed by atoms with van der Waals surface area (Å²) in [5.74, 6) is -0.824. The number of benzene rings is 1. The number of hydrogen-bond donors (Lipinski definition) is 1. The molecule has 0 atom stereocenters. The number of nitrogens with one attached hydrogen (secondary N) is 1. The molecule has 0 bridgehead atoms. The fraction of sp³-hybridized carbons (Fsp3) is 0.467. The Labute approximate surface area is 151 Å². The predicted molar refractivity (Wildman–Crippen MR) is 91.4 cm³/mol. The maximum Gasteiger partial charge on any atom is 0.321 e. The Morgan fingerprint density at radius 1 is 1.33 bits per heavy atom. The summed E-state index contributed by atoms with van der Waals surface area (Å²) < 4.78 is 31.5. The van der Waals surface area contributed by atoms with Crippen LogP contribution >= 0.6 is 0 Å². The van der Waals surface area contributed by atoms with Gasteiger partial charge in [-0.25, -0.2) is 8.42 Å². The average Bonchev–Trinajstić information content (AvgIpc) is 2.52. The standard InChI is InChI=1S/C15H20N3O7S.Fm/c1-15(2,3)25-14(20)10-17(9-8-16-11-19)26(23,24)13-7-5-4-6-12(13)18(21)22;/h4-7H,8-10H2,1-3H3,(H,16,19);/q-1;. The van der Waals surface area contributed by atoms with E-state index < -0.39 is 43.6 Å². The monoisotopic (exact) mass is 643 g/mol.